The van der Waals surface area contributed by atoms with E-state index in [-0.39, 0.29) is 17.2 Å². The lowest BCUT2D eigenvalue weighted by Crippen LogP contribution is -2.31. The fourth-order valence-electron chi connectivity index (χ4n) is 1.72. The molecule has 0 saturated heterocycles. The Hall–Kier alpha value is -1.90. The third-order valence-electron chi connectivity index (χ3n) is 2.71. The summed E-state index contributed by atoms with van der Waals surface area (Å²) in [5.41, 5.74) is 2.87. The minimum Gasteiger partial charge on any atom is -0.294 e. The lowest BCUT2D eigenvalue weighted by molar-refractivity contribution is -0.118. The van der Waals surface area contributed by atoms with Crippen LogP contribution < -0.4 is 16.8 Å². The van der Waals surface area contributed by atoms with Gasteiger partial charge in [-0.1, -0.05) is 37.8 Å². The Morgan fingerprint density at radius 1 is 1.48 bits per heavy atom. The smallest absolute Gasteiger partial charge is 0.262 e. The van der Waals surface area contributed by atoms with Crippen molar-refractivity contribution in [3.63, 3.8) is 0 Å². The summed E-state index contributed by atoms with van der Waals surface area (Å²) < 4.78 is 1.45. The van der Waals surface area contributed by atoms with E-state index in [2.05, 4.69) is 18.1 Å². The average Bonchev–Trinajstić information content (AvgIpc) is 3.02. The van der Waals surface area contributed by atoms with Gasteiger partial charge < -0.3 is 0 Å². The number of fused-ring (bicyclic) bond motifs is 1. The van der Waals surface area contributed by atoms with E-state index >= 15 is 0 Å². The molecular weight excluding hydrogens is 356 g/mol. The highest BCUT2D eigenvalue weighted by atomic mass is 32.2. The van der Waals surface area contributed by atoms with Crippen LogP contribution in [0.15, 0.2) is 40.6 Å². The number of allylic oxidation sites excluding steroid dienone is 2. The van der Waals surface area contributed by atoms with Gasteiger partial charge in [-0.15, -0.1) is 24.5 Å². The first-order valence-electron chi connectivity index (χ1n) is 7.77. The molecule has 0 aromatic carbocycles. The maximum absolute atomic E-state index is 12.4. The summed E-state index contributed by atoms with van der Waals surface area (Å²) in [6.45, 7) is 12.9. The molecule has 3 N–H and O–H groups in total. The summed E-state index contributed by atoms with van der Waals surface area (Å²) in [6.07, 6.45) is 4.15. The Balaban J connectivity index is 0.00000104. The van der Waals surface area contributed by atoms with Crippen molar-refractivity contribution < 1.29 is 4.79 Å². The van der Waals surface area contributed by atoms with Gasteiger partial charge in [-0.3, -0.25) is 19.6 Å². The van der Waals surface area contributed by atoms with Gasteiger partial charge >= 0.3 is 0 Å². The minimum absolute atomic E-state index is 0.108. The van der Waals surface area contributed by atoms with Gasteiger partial charge in [0, 0.05) is 7.05 Å². The van der Waals surface area contributed by atoms with E-state index in [9.17, 15) is 9.59 Å². The van der Waals surface area contributed by atoms with Gasteiger partial charge in [0.2, 0.25) is 5.91 Å². The fraction of sp³-hybridized carbons (Fsp3) is 0.353. The van der Waals surface area contributed by atoms with E-state index in [0.29, 0.717) is 21.8 Å². The molecule has 8 heteroatoms. The number of carbonyl (C=O) groups is 1. The monoisotopic (exact) mass is 382 g/mol. The highest BCUT2D eigenvalue weighted by Gasteiger charge is 2.14. The van der Waals surface area contributed by atoms with Crippen molar-refractivity contribution in [2.24, 2.45) is 12.9 Å². The third kappa shape index (κ3) is 6.49. The van der Waals surface area contributed by atoms with Gasteiger partial charge in [-0.25, -0.2) is 10.8 Å². The molecule has 0 aliphatic carbocycles. The summed E-state index contributed by atoms with van der Waals surface area (Å²) >= 11 is 2.60. The zero-order valence-electron chi connectivity index (χ0n) is 15.2. The zero-order chi connectivity index (χ0) is 19.4. The molecule has 0 saturated carbocycles. The van der Waals surface area contributed by atoms with Crippen LogP contribution in [0.1, 0.15) is 26.3 Å². The Morgan fingerprint density at radius 2 is 2.08 bits per heavy atom. The first-order chi connectivity index (χ1) is 12.0. The predicted octanol–water partition coefficient (Wildman–Crippen LogP) is 3.02. The summed E-state index contributed by atoms with van der Waals surface area (Å²) in [5.74, 6) is 4.82. The minimum atomic E-state index is -0.317. The molecule has 2 heterocycles. The number of carbonyl (C=O) groups excluding carboxylic acids is 1. The van der Waals surface area contributed by atoms with E-state index in [1.165, 1.54) is 27.7 Å². The van der Waals surface area contributed by atoms with Gasteiger partial charge in [0.05, 0.1) is 11.1 Å². The van der Waals surface area contributed by atoms with Crippen molar-refractivity contribution in [2.45, 2.75) is 32.3 Å². The predicted molar refractivity (Wildman–Crippen MR) is 109 cm³/mol. The molecule has 1 amide bonds. The van der Waals surface area contributed by atoms with Crippen molar-refractivity contribution in [3.05, 3.63) is 46.6 Å². The van der Waals surface area contributed by atoms with Crippen molar-refractivity contribution in [1.82, 2.24) is 15.0 Å². The van der Waals surface area contributed by atoms with Crippen LogP contribution >= 0.6 is 23.1 Å². The number of nitrogens with zero attached hydrogens (tertiary/aromatic N) is 2. The Kier molecular flexibility index (Phi) is 11.5. The first-order valence-corrected chi connectivity index (χ1v) is 9.63. The Morgan fingerprint density at radius 3 is 2.60 bits per heavy atom. The molecule has 2 aromatic heterocycles. The van der Waals surface area contributed by atoms with Gasteiger partial charge in [0.25, 0.3) is 5.56 Å². The van der Waals surface area contributed by atoms with Crippen molar-refractivity contribution in [1.29, 1.82) is 0 Å². The molecular formula is C17H26N4O2S2. The van der Waals surface area contributed by atoms with Crippen molar-refractivity contribution in [3.8, 4) is 0 Å². The number of nitrogens with two attached hydrogens (primary N) is 1. The largest absolute Gasteiger partial charge is 0.294 e. The molecule has 25 heavy (non-hydrogen) atoms. The van der Waals surface area contributed by atoms with Crippen LogP contribution in [0.5, 0.6) is 0 Å². The molecule has 2 rings (SSSR count). The number of hydrogen-bond acceptors (Lipinski definition) is 6. The molecule has 0 radical (unpaired) electrons. The molecule has 0 aliphatic heterocycles. The first kappa shape index (κ1) is 23.1. The maximum Gasteiger partial charge on any atom is 0.262 e. The zero-order valence-corrected chi connectivity index (χ0v) is 16.8. The lowest BCUT2D eigenvalue weighted by atomic mass is 10.2. The Labute approximate surface area is 156 Å². The van der Waals surface area contributed by atoms with Crippen molar-refractivity contribution in [2.75, 3.05) is 5.75 Å². The van der Waals surface area contributed by atoms with Gasteiger partial charge in [0.1, 0.15) is 4.83 Å². The molecule has 0 atom stereocenters. The second-order valence-corrected chi connectivity index (χ2v) is 6.26. The van der Waals surface area contributed by atoms with Crippen LogP contribution in [-0.4, -0.2) is 21.2 Å². The number of thioether (sulfide) groups is 1. The fourth-order valence-corrected chi connectivity index (χ4v) is 3.49. The van der Waals surface area contributed by atoms with Gasteiger partial charge in [-0.05, 0) is 24.3 Å². The quantitative estimate of drug-likeness (QED) is 0.207. The molecule has 6 nitrogen and oxygen atoms in total. The average molecular weight is 383 g/mol. The number of thiophene rings is 1. The molecule has 2 aromatic rings. The molecule has 0 spiro atoms. The number of rotatable bonds is 5. The second kappa shape index (κ2) is 12.5. The highest BCUT2D eigenvalue weighted by Crippen LogP contribution is 2.24. The topological polar surface area (TPSA) is 90.0 Å². The Bertz CT molecular complexity index is 766. The number of nitrogens with one attached hydrogen (secondary N) is 1. The third-order valence-corrected chi connectivity index (χ3v) is 4.66. The van der Waals surface area contributed by atoms with Gasteiger partial charge in [0.15, 0.2) is 5.16 Å². The summed E-state index contributed by atoms with van der Waals surface area (Å²) in [5, 5.41) is 3.05. The highest BCUT2D eigenvalue weighted by molar-refractivity contribution is 7.99. The van der Waals surface area contributed by atoms with E-state index in [4.69, 9.17) is 5.84 Å². The molecule has 0 bridgehead atoms. The van der Waals surface area contributed by atoms with E-state index in [1.54, 1.807) is 19.2 Å². The van der Waals surface area contributed by atoms with Crippen LogP contribution in [0.2, 0.25) is 0 Å². The van der Waals surface area contributed by atoms with E-state index < -0.39 is 0 Å². The normalized spacial score (nSPS) is 9.32. The van der Waals surface area contributed by atoms with E-state index in [0.717, 1.165) is 5.56 Å². The molecule has 0 unspecified atom stereocenters. The van der Waals surface area contributed by atoms with Crippen LogP contribution in [0.4, 0.5) is 0 Å². The number of hydrazine groups is 1. The summed E-state index contributed by atoms with van der Waals surface area (Å²) in [6, 6.07) is 0. The van der Waals surface area contributed by atoms with Crippen molar-refractivity contribution >= 4 is 39.2 Å². The number of hydrogen-bond donors (Lipinski definition) is 2. The molecule has 0 fully saturated rings. The summed E-state index contributed by atoms with van der Waals surface area (Å²) in [7, 11) is 1.65. The van der Waals surface area contributed by atoms with Crippen LogP contribution in [-0.2, 0) is 18.3 Å². The lowest BCUT2D eigenvalue weighted by Gasteiger charge is -2.06. The van der Waals surface area contributed by atoms with Crippen LogP contribution in [0.25, 0.3) is 10.2 Å². The SMILES string of the molecule is C=CC.C=CCc1csc2nc(SCC(=O)NN)n(C)c(=O)c12.CC. The molecule has 138 valence electrons. The number of aromatic nitrogens is 2. The number of amides is 1. The molecule has 0 aliphatic rings. The summed E-state index contributed by atoms with van der Waals surface area (Å²) in [4.78, 5) is 28.6. The van der Waals surface area contributed by atoms with Crippen LogP contribution in [0.3, 0.4) is 0 Å². The van der Waals surface area contributed by atoms with E-state index in [1.807, 2.05) is 31.6 Å². The van der Waals surface area contributed by atoms with Crippen LogP contribution in [0, 0.1) is 0 Å². The standard InChI is InChI=1S/C12H14N4O2S2.C3H6.C2H6/c1-3-4-7-5-19-10-9(7)11(18)16(2)12(14-10)20-6-8(17)15-13;1-3-2;1-2/h3,5H,1,4,6,13H2,2H3,(H,15,17);3H,1H2,2H3;1-2H3. The second-order valence-electron chi connectivity index (χ2n) is 4.46. The van der Waals surface area contributed by atoms with Gasteiger partial charge in [-0.2, -0.15) is 0 Å². The maximum atomic E-state index is 12.4.